The van der Waals surface area contributed by atoms with Crippen LogP contribution in [0.25, 0.3) is 0 Å². The molecule has 0 spiro atoms. The van der Waals surface area contributed by atoms with E-state index in [0.717, 1.165) is 63.4 Å². The molecule has 3 fully saturated rings. The molecule has 8 heteroatoms. The van der Waals surface area contributed by atoms with Gasteiger partial charge in [0.25, 0.3) is 0 Å². The molecule has 0 aromatic heterocycles. The molecule has 2 saturated carbocycles. The average Bonchev–Trinajstić information content (AvgIpc) is 3.61. The van der Waals surface area contributed by atoms with Gasteiger partial charge in [-0.3, -0.25) is 14.7 Å². The van der Waals surface area contributed by atoms with Crippen molar-refractivity contribution in [1.29, 1.82) is 0 Å². The second-order valence-corrected chi connectivity index (χ2v) is 8.27. The Kier molecular flexibility index (Phi) is 7.37. The summed E-state index contributed by atoms with van der Waals surface area (Å²) in [4.78, 5) is 20.8. The number of hydrogen-bond donors (Lipinski definition) is 2. The normalized spacial score (nSPS) is 21.3. The Morgan fingerprint density at radius 2 is 1.90 bits per heavy atom. The van der Waals surface area contributed by atoms with Gasteiger partial charge < -0.3 is 15.5 Å². The van der Waals surface area contributed by atoms with E-state index in [1.165, 1.54) is 0 Å². The molecule has 0 radical (unpaired) electrons. The molecule has 3 aliphatic rings. The van der Waals surface area contributed by atoms with E-state index in [9.17, 15) is 9.18 Å². The van der Waals surface area contributed by atoms with Crippen LogP contribution in [0.1, 0.15) is 31.2 Å². The molecule has 1 aliphatic heterocycles. The van der Waals surface area contributed by atoms with E-state index in [2.05, 4.69) is 25.4 Å². The second-order valence-electron chi connectivity index (χ2n) is 8.27. The van der Waals surface area contributed by atoms with E-state index in [1.807, 2.05) is 12.1 Å². The smallest absolute Gasteiger partial charge is 0.234 e. The highest BCUT2D eigenvalue weighted by molar-refractivity contribution is 14.0. The molecular formula is C21H31FIN5O. The predicted octanol–water partition coefficient (Wildman–Crippen LogP) is 1.95. The first-order chi connectivity index (χ1) is 13.6. The molecule has 4 rings (SSSR count). The Labute approximate surface area is 189 Å². The summed E-state index contributed by atoms with van der Waals surface area (Å²) in [5.74, 6) is 0.888. The van der Waals surface area contributed by atoms with Gasteiger partial charge in [0.15, 0.2) is 5.96 Å². The SMILES string of the molecule is CN=C(NCC1(c2ccccc2F)CC1)N1CCN(CC(=O)NC2CC2)CC1.I. The van der Waals surface area contributed by atoms with Crippen LogP contribution in [0.2, 0.25) is 0 Å². The fourth-order valence-corrected chi connectivity index (χ4v) is 3.99. The van der Waals surface area contributed by atoms with E-state index in [4.69, 9.17) is 0 Å². The topological polar surface area (TPSA) is 60.0 Å². The van der Waals surface area contributed by atoms with Crippen molar-refractivity contribution in [1.82, 2.24) is 20.4 Å². The summed E-state index contributed by atoms with van der Waals surface area (Å²) in [5, 5.41) is 6.52. The third kappa shape index (κ3) is 5.59. The van der Waals surface area contributed by atoms with E-state index >= 15 is 0 Å². The maximum absolute atomic E-state index is 14.2. The van der Waals surface area contributed by atoms with Crippen LogP contribution in [0.5, 0.6) is 0 Å². The zero-order chi connectivity index (χ0) is 19.6. The first-order valence-electron chi connectivity index (χ1n) is 10.3. The van der Waals surface area contributed by atoms with Crippen molar-refractivity contribution in [2.45, 2.75) is 37.1 Å². The molecule has 1 amide bonds. The van der Waals surface area contributed by atoms with Gasteiger partial charge in [-0.1, -0.05) is 18.2 Å². The van der Waals surface area contributed by atoms with Gasteiger partial charge in [-0.05, 0) is 37.3 Å². The highest BCUT2D eigenvalue weighted by Crippen LogP contribution is 2.48. The molecule has 160 valence electrons. The van der Waals surface area contributed by atoms with Crippen molar-refractivity contribution in [3.63, 3.8) is 0 Å². The summed E-state index contributed by atoms with van der Waals surface area (Å²) in [6.45, 7) is 4.54. The van der Waals surface area contributed by atoms with Gasteiger partial charge in [0.1, 0.15) is 5.82 Å². The van der Waals surface area contributed by atoms with Crippen LogP contribution in [0.15, 0.2) is 29.3 Å². The third-order valence-electron chi connectivity index (χ3n) is 6.08. The minimum Gasteiger partial charge on any atom is -0.355 e. The molecule has 2 N–H and O–H groups in total. The Morgan fingerprint density at radius 3 is 2.48 bits per heavy atom. The summed E-state index contributed by atoms with van der Waals surface area (Å²) in [5.41, 5.74) is 0.703. The molecule has 0 bridgehead atoms. The van der Waals surface area contributed by atoms with E-state index in [1.54, 1.807) is 19.2 Å². The molecule has 0 unspecified atom stereocenters. The van der Waals surface area contributed by atoms with Crippen molar-refractivity contribution >= 4 is 35.8 Å². The molecule has 6 nitrogen and oxygen atoms in total. The van der Waals surface area contributed by atoms with Crippen LogP contribution >= 0.6 is 24.0 Å². The summed E-state index contributed by atoms with van der Waals surface area (Å²) in [6.07, 6.45) is 4.25. The largest absolute Gasteiger partial charge is 0.355 e. The predicted molar refractivity (Wildman–Crippen MR) is 123 cm³/mol. The summed E-state index contributed by atoms with van der Waals surface area (Å²) in [6, 6.07) is 7.51. The Bertz CT molecular complexity index is 742. The Balaban J connectivity index is 0.00000240. The number of nitrogens with one attached hydrogen (secondary N) is 2. The lowest BCUT2D eigenvalue weighted by Gasteiger charge is -2.36. The van der Waals surface area contributed by atoms with Crippen LogP contribution in [-0.4, -0.2) is 74.0 Å². The number of aliphatic imine (C=N–C) groups is 1. The van der Waals surface area contributed by atoms with Crippen LogP contribution in [0.4, 0.5) is 4.39 Å². The minimum absolute atomic E-state index is 0. The molecule has 0 atom stereocenters. The van der Waals surface area contributed by atoms with Crippen LogP contribution in [-0.2, 0) is 10.2 Å². The standard InChI is InChI=1S/C21H30FN5O.HI/c1-23-20(24-15-21(8-9-21)17-4-2-3-5-18(17)22)27-12-10-26(11-13-27)14-19(28)25-16-6-7-16;/h2-5,16H,6-15H2,1H3,(H,23,24)(H,25,28);1H. The maximum Gasteiger partial charge on any atom is 0.234 e. The maximum atomic E-state index is 14.2. The van der Waals surface area contributed by atoms with Crippen LogP contribution in [0, 0.1) is 5.82 Å². The van der Waals surface area contributed by atoms with Gasteiger partial charge in [-0.2, -0.15) is 0 Å². The van der Waals surface area contributed by atoms with Crippen LogP contribution in [0.3, 0.4) is 0 Å². The lowest BCUT2D eigenvalue weighted by atomic mass is 9.95. The van der Waals surface area contributed by atoms with Gasteiger partial charge in [-0.25, -0.2) is 4.39 Å². The number of carbonyl (C=O) groups excluding carboxylic acids is 1. The van der Waals surface area contributed by atoms with Crippen molar-refractivity contribution in [3.8, 4) is 0 Å². The van der Waals surface area contributed by atoms with Gasteiger partial charge >= 0.3 is 0 Å². The van der Waals surface area contributed by atoms with E-state index < -0.39 is 0 Å². The molecule has 1 heterocycles. The Morgan fingerprint density at radius 1 is 1.21 bits per heavy atom. The molecule has 1 aromatic rings. The fraction of sp³-hybridized carbons (Fsp3) is 0.619. The monoisotopic (exact) mass is 515 g/mol. The molecule has 1 saturated heterocycles. The third-order valence-corrected chi connectivity index (χ3v) is 6.08. The summed E-state index contributed by atoms with van der Waals surface area (Å²) in [7, 11) is 1.79. The van der Waals surface area contributed by atoms with Gasteiger partial charge in [-0.15, -0.1) is 24.0 Å². The fourth-order valence-electron chi connectivity index (χ4n) is 3.99. The van der Waals surface area contributed by atoms with Crippen molar-refractivity contribution in [2.24, 2.45) is 4.99 Å². The van der Waals surface area contributed by atoms with E-state index in [-0.39, 0.29) is 41.1 Å². The summed E-state index contributed by atoms with van der Waals surface area (Å²) < 4.78 is 14.2. The number of rotatable bonds is 6. The zero-order valence-electron chi connectivity index (χ0n) is 17.0. The molecular weight excluding hydrogens is 484 g/mol. The van der Waals surface area contributed by atoms with Gasteiger partial charge in [0.2, 0.25) is 5.91 Å². The molecule has 1 aromatic carbocycles. The second kappa shape index (κ2) is 9.59. The molecule has 29 heavy (non-hydrogen) atoms. The number of carbonyl (C=O) groups is 1. The lowest BCUT2D eigenvalue weighted by Crippen LogP contribution is -2.54. The first-order valence-corrected chi connectivity index (χ1v) is 10.3. The van der Waals surface area contributed by atoms with E-state index in [0.29, 0.717) is 19.1 Å². The lowest BCUT2D eigenvalue weighted by molar-refractivity contribution is -0.122. The van der Waals surface area contributed by atoms with Crippen molar-refractivity contribution in [3.05, 3.63) is 35.6 Å². The molecule has 2 aliphatic carbocycles. The van der Waals surface area contributed by atoms with Gasteiger partial charge in [0, 0.05) is 51.2 Å². The van der Waals surface area contributed by atoms with Crippen molar-refractivity contribution < 1.29 is 9.18 Å². The number of benzene rings is 1. The quantitative estimate of drug-likeness (QED) is 0.346. The number of guanidine groups is 1. The minimum atomic E-state index is -0.116. The Hall–Kier alpha value is -1.42. The number of hydrogen-bond acceptors (Lipinski definition) is 3. The van der Waals surface area contributed by atoms with Crippen LogP contribution < -0.4 is 10.6 Å². The summed E-state index contributed by atoms with van der Waals surface area (Å²) >= 11 is 0. The number of piperazine rings is 1. The first kappa shape index (κ1) is 22.3. The average molecular weight is 515 g/mol. The number of nitrogens with zero attached hydrogens (tertiary/aromatic N) is 3. The van der Waals surface area contributed by atoms with Gasteiger partial charge in [0.05, 0.1) is 6.54 Å². The number of halogens is 2. The highest BCUT2D eigenvalue weighted by Gasteiger charge is 2.46. The van der Waals surface area contributed by atoms with Crippen molar-refractivity contribution in [2.75, 3.05) is 46.3 Å². The number of amides is 1. The highest BCUT2D eigenvalue weighted by atomic mass is 127. The zero-order valence-corrected chi connectivity index (χ0v) is 19.3.